The predicted octanol–water partition coefficient (Wildman–Crippen LogP) is 1.33. The molecule has 1 saturated heterocycles. The van der Waals surface area contributed by atoms with Crippen LogP contribution in [0.4, 0.5) is 0 Å². The molecule has 1 aliphatic heterocycles. The molecule has 4 nitrogen and oxygen atoms in total. The Morgan fingerprint density at radius 1 is 1.21 bits per heavy atom. The molecule has 1 heterocycles. The highest BCUT2D eigenvalue weighted by atomic mass is 16.5. The fraction of sp³-hybridized carbons (Fsp3) is 0.600. The van der Waals surface area contributed by atoms with Crippen LogP contribution in [-0.4, -0.2) is 56.2 Å². The lowest BCUT2D eigenvalue weighted by molar-refractivity contribution is 0.147. The van der Waals surface area contributed by atoms with E-state index in [4.69, 9.17) is 10.5 Å². The van der Waals surface area contributed by atoms with Gasteiger partial charge < -0.3 is 15.4 Å². The summed E-state index contributed by atoms with van der Waals surface area (Å²) in [7, 11) is 2.17. The van der Waals surface area contributed by atoms with Crippen molar-refractivity contribution in [3.63, 3.8) is 0 Å². The molecular formula is C15H25N3O. The maximum Gasteiger partial charge on any atom is 0.124 e. The van der Waals surface area contributed by atoms with Gasteiger partial charge in [0.1, 0.15) is 5.75 Å². The van der Waals surface area contributed by atoms with Gasteiger partial charge >= 0.3 is 0 Å². The van der Waals surface area contributed by atoms with E-state index in [9.17, 15) is 0 Å². The third-order valence-corrected chi connectivity index (χ3v) is 3.67. The molecule has 0 amide bonds. The van der Waals surface area contributed by atoms with Crippen LogP contribution in [0.15, 0.2) is 24.3 Å². The second-order valence-electron chi connectivity index (χ2n) is 5.18. The summed E-state index contributed by atoms with van der Waals surface area (Å²) in [5.74, 6) is 0.923. The molecule has 2 N–H and O–H groups in total. The molecule has 0 saturated carbocycles. The first-order chi connectivity index (χ1) is 9.20. The van der Waals surface area contributed by atoms with Crippen LogP contribution in [0.3, 0.4) is 0 Å². The summed E-state index contributed by atoms with van der Waals surface area (Å²) in [6.45, 7) is 8.03. The monoisotopic (exact) mass is 263 g/mol. The molecule has 0 aliphatic carbocycles. The number of ether oxygens (including phenoxy) is 1. The lowest BCUT2D eigenvalue weighted by Gasteiger charge is -2.34. The zero-order valence-electron chi connectivity index (χ0n) is 12.0. The zero-order chi connectivity index (χ0) is 13.7. The van der Waals surface area contributed by atoms with Gasteiger partial charge in [-0.05, 0) is 20.0 Å². The fourth-order valence-corrected chi connectivity index (χ4v) is 2.48. The molecule has 2 rings (SSSR count). The molecular weight excluding hydrogens is 238 g/mol. The van der Waals surface area contributed by atoms with E-state index in [-0.39, 0.29) is 6.04 Å². The first kappa shape index (κ1) is 14.3. The van der Waals surface area contributed by atoms with Crippen LogP contribution in [0.25, 0.3) is 0 Å². The lowest BCUT2D eigenvalue weighted by atomic mass is 10.1. The molecule has 0 radical (unpaired) electrons. The SMILES string of the molecule is CCOc1ccccc1C(N)CN1CCN(C)CC1. The third-order valence-electron chi connectivity index (χ3n) is 3.67. The average molecular weight is 263 g/mol. The van der Waals surface area contributed by atoms with E-state index in [1.165, 1.54) is 0 Å². The molecule has 0 aromatic heterocycles. The number of para-hydroxylation sites is 1. The van der Waals surface area contributed by atoms with E-state index in [1.807, 2.05) is 25.1 Å². The van der Waals surface area contributed by atoms with Crippen LogP contribution in [0.2, 0.25) is 0 Å². The zero-order valence-corrected chi connectivity index (χ0v) is 12.0. The topological polar surface area (TPSA) is 41.7 Å². The van der Waals surface area contributed by atoms with Gasteiger partial charge in [-0.2, -0.15) is 0 Å². The van der Waals surface area contributed by atoms with Crippen molar-refractivity contribution in [1.29, 1.82) is 0 Å². The van der Waals surface area contributed by atoms with Gasteiger partial charge in [0.25, 0.3) is 0 Å². The third kappa shape index (κ3) is 3.93. The first-order valence-electron chi connectivity index (χ1n) is 7.09. The second kappa shape index (κ2) is 6.89. The molecule has 1 aliphatic rings. The Bertz CT molecular complexity index is 389. The van der Waals surface area contributed by atoms with Crippen LogP contribution >= 0.6 is 0 Å². The van der Waals surface area contributed by atoms with E-state index < -0.39 is 0 Å². The molecule has 1 aromatic rings. The van der Waals surface area contributed by atoms with E-state index >= 15 is 0 Å². The number of hydrogen-bond acceptors (Lipinski definition) is 4. The van der Waals surface area contributed by atoms with Gasteiger partial charge in [0.2, 0.25) is 0 Å². The molecule has 19 heavy (non-hydrogen) atoms. The van der Waals surface area contributed by atoms with Crippen molar-refractivity contribution in [2.75, 3.05) is 46.4 Å². The maximum atomic E-state index is 6.36. The lowest BCUT2D eigenvalue weighted by Crippen LogP contribution is -2.46. The normalized spacial score (nSPS) is 19.3. The Hall–Kier alpha value is -1.10. The largest absolute Gasteiger partial charge is 0.494 e. The van der Waals surface area contributed by atoms with Crippen LogP contribution in [-0.2, 0) is 0 Å². The second-order valence-corrected chi connectivity index (χ2v) is 5.18. The highest BCUT2D eigenvalue weighted by Crippen LogP contribution is 2.24. The molecule has 0 spiro atoms. The molecule has 106 valence electrons. The van der Waals surface area contributed by atoms with Gasteiger partial charge in [-0.25, -0.2) is 0 Å². The van der Waals surface area contributed by atoms with Crippen molar-refractivity contribution < 1.29 is 4.74 Å². The van der Waals surface area contributed by atoms with Crippen LogP contribution in [0, 0.1) is 0 Å². The van der Waals surface area contributed by atoms with Gasteiger partial charge in [0.05, 0.1) is 6.61 Å². The van der Waals surface area contributed by atoms with Crippen molar-refractivity contribution in [3.05, 3.63) is 29.8 Å². The van der Waals surface area contributed by atoms with E-state index in [1.54, 1.807) is 0 Å². The standard InChI is InChI=1S/C15H25N3O/c1-3-19-15-7-5-4-6-13(15)14(16)12-18-10-8-17(2)9-11-18/h4-7,14H,3,8-12,16H2,1-2H3. The summed E-state index contributed by atoms with van der Waals surface area (Å²) in [4.78, 5) is 4.80. The van der Waals surface area contributed by atoms with Gasteiger partial charge in [-0.1, -0.05) is 18.2 Å². The van der Waals surface area contributed by atoms with Gasteiger partial charge in [-0.3, -0.25) is 4.90 Å². The Morgan fingerprint density at radius 2 is 1.89 bits per heavy atom. The Morgan fingerprint density at radius 3 is 2.58 bits per heavy atom. The molecule has 1 aromatic carbocycles. The summed E-state index contributed by atoms with van der Waals surface area (Å²) in [6.07, 6.45) is 0. The minimum Gasteiger partial charge on any atom is -0.494 e. The predicted molar refractivity (Wildman–Crippen MR) is 78.5 cm³/mol. The number of benzene rings is 1. The van der Waals surface area contributed by atoms with E-state index in [2.05, 4.69) is 22.9 Å². The maximum absolute atomic E-state index is 6.36. The highest BCUT2D eigenvalue weighted by Gasteiger charge is 2.19. The van der Waals surface area contributed by atoms with E-state index in [0.29, 0.717) is 6.61 Å². The number of nitrogens with zero attached hydrogens (tertiary/aromatic N) is 2. The number of hydrogen-bond donors (Lipinski definition) is 1. The van der Waals surface area contributed by atoms with Crippen LogP contribution in [0.5, 0.6) is 5.75 Å². The van der Waals surface area contributed by atoms with Crippen molar-refractivity contribution in [2.45, 2.75) is 13.0 Å². The number of rotatable bonds is 5. The summed E-state index contributed by atoms with van der Waals surface area (Å²) >= 11 is 0. The van der Waals surface area contributed by atoms with Crippen molar-refractivity contribution in [2.24, 2.45) is 5.73 Å². The minimum atomic E-state index is 0.0196. The Kier molecular flexibility index (Phi) is 5.19. The molecule has 4 heteroatoms. The minimum absolute atomic E-state index is 0.0196. The fourth-order valence-electron chi connectivity index (χ4n) is 2.48. The highest BCUT2D eigenvalue weighted by molar-refractivity contribution is 5.35. The van der Waals surface area contributed by atoms with E-state index in [0.717, 1.165) is 44.0 Å². The summed E-state index contributed by atoms with van der Waals surface area (Å²) in [6, 6.07) is 8.12. The Balaban J connectivity index is 1.97. The van der Waals surface area contributed by atoms with Gasteiger partial charge in [0.15, 0.2) is 0 Å². The number of likely N-dealkylation sites (N-methyl/N-ethyl adjacent to an activating group) is 1. The Labute approximate surface area is 116 Å². The van der Waals surface area contributed by atoms with Crippen molar-refractivity contribution >= 4 is 0 Å². The number of piperazine rings is 1. The van der Waals surface area contributed by atoms with Crippen molar-refractivity contribution in [3.8, 4) is 5.75 Å². The van der Waals surface area contributed by atoms with Crippen LogP contribution < -0.4 is 10.5 Å². The van der Waals surface area contributed by atoms with Crippen molar-refractivity contribution in [1.82, 2.24) is 9.80 Å². The smallest absolute Gasteiger partial charge is 0.124 e. The quantitative estimate of drug-likeness (QED) is 0.870. The summed E-state index contributed by atoms with van der Waals surface area (Å²) in [5, 5.41) is 0. The summed E-state index contributed by atoms with van der Waals surface area (Å²) in [5.41, 5.74) is 7.47. The average Bonchev–Trinajstić information content (AvgIpc) is 2.42. The first-order valence-corrected chi connectivity index (χ1v) is 7.09. The molecule has 1 atom stereocenters. The summed E-state index contributed by atoms with van der Waals surface area (Å²) < 4.78 is 5.66. The molecule has 0 bridgehead atoms. The van der Waals surface area contributed by atoms with Gasteiger partial charge in [0, 0.05) is 44.3 Å². The van der Waals surface area contributed by atoms with Gasteiger partial charge in [-0.15, -0.1) is 0 Å². The molecule has 1 unspecified atom stereocenters. The number of nitrogens with two attached hydrogens (primary N) is 1. The van der Waals surface area contributed by atoms with Crippen LogP contribution in [0.1, 0.15) is 18.5 Å². The molecule has 1 fully saturated rings.